The van der Waals surface area contributed by atoms with Gasteiger partial charge in [0.15, 0.2) is 11.0 Å². The van der Waals surface area contributed by atoms with Gasteiger partial charge in [-0.05, 0) is 50.2 Å². The van der Waals surface area contributed by atoms with Gasteiger partial charge in [0.1, 0.15) is 0 Å². The number of nitrogens with one attached hydrogen (secondary N) is 1. The number of thioether (sulfide) groups is 1. The van der Waals surface area contributed by atoms with Crippen molar-refractivity contribution in [3.63, 3.8) is 0 Å². The van der Waals surface area contributed by atoms with Crippen LogP contribution in [0.3, 0.4) is 0 Å². The molecule has 162 valence electrons. The number of piperidine rings is 1. The zero-order valence-corrected chi connectivity index (χ0v) is 19.3. The molecule has 1 fully saturated rings. The molecule has 0 saturated carbocycles. The number of carbonyl (C=O) groups excluding carboxylic acids is 1. The van der Waals surface area contributed by atoms with Crippen molar-refractivity contribution in [2.45, 2.75) is 31.0 Å². The van der Waals surface area contributed by atoms with Gasteiger partial charge in [-0.2, -0.15) is 0 Å². The summed E-state index contributed by atoms with van der Waals surface area (Å²) in [5.41, 5.74) is 1.48. The summed E-state index contributed by atoms with van der Waals surface area (Å²) >= 11 is 13.5. The lowest BCUT2D eigenvalue weighted by atomic mass is 10.1. The van der Waals surface area contributed by atoms with Gasteiger partial charge in [0.2, 0.25) is 5.91 Å². The van der Waals surface area contributed by atoms with E-state index < -0.39 is 0 Å². The van der Waals surface area contributed by atoms with Crippen molar-refractivity contribution < 1.29 is 4.79 Å². The Kier molecular flexibility index (Phi) is 7.50. The fraction of sp³-hybridized carbons (Fsp3) is 0.318. The van der Waals surface area contributed by atoms with Crippen LogP contribution < -0.4 is 5.32 Å². The number of aromatic nitrogens is 3. The second-order valence-electron chi connectivity index (χ2n) is 7.34. The SMILES string of the molecule is O=C(CSc1nnc(CN2CCCCC2)n1-c1ccccc1)Nc1cccc(Cl)c1Cl. The zero-order chi connectivity index (χ0) is 21.6. The Bertz CT molecular complexity index is 1040. The third-order valence-electron chi connectivity index (χ3n) is 5.09. The number of rotatable bonds is 7. The van der Waals surface area contributed by atoms with Gasteiger partial charge in [0, 0.05) is 5.69 Å². The molecule has 3 aromatic rings. The van der Waals surface area contributed by atoms with Gasteiger partial charge in [-0.25, -0.2) is 0 Å². The molecule has 1 saturated heterocycles. The third-order valence-corrected chi connectivity index (χ3v) is 6.83. The lowest BCUT2D eigenvalue weighted by molar-refractivity contribution is -0.113. The standard InChI is InChI=1S/C22H23Cl2N5OS/c23-17-10-7-11-18(21(17)24)25-20(30)15-31-22-27-26-19(14-28-12-5-2-6-13-28)29(22)16-8-3-1-4-9-16/h1,3-4,7-11H,2,5-6,12-15H2,(H,25,30). The van der Waals surface area contributed by atoms with Crippen molar-refractivity contribution >= 4 is 46.6 Å². The van der Waals surface area contributed by atoms with Crippen LogP contribution in [-0.2, 0) is 11.3 Å². The van der Waals surface area contributed by atoms with Crippen LogP contribution in [0, 0.1) is 0 Å². The number of hydrogen-bond acceptors (Lipinski definition) is 5. The van der Waals surface area contributed by atoms with Crippen molar-refractivity contribution in [2.24, 2.45) is 0 Å². The first-order valence-corrected chi connectivity index (χ1v) is 11.9. The molecule has 0 unspecified atom stereocenters. The molecule has 4 rings (SSSR count). The first kappa shape index (κ1) is 22.1. The van der Waals surface area contributed by atoms with Gasteiger partial charge in [-0.1, -0.05) is 65.7 Å². The monoisotopic (exact) mass is 475 g/mol. The highest BCUT2D eigenvalue weighted by molar-refractivity contribution is 7.99. The summed E-state index contributed by atoms with van der Waals surface area (Å²) in [5.74, 6) is 0.876. The number of hydrogen-bond donors (Lipinski definition) is 1. The summed E-state index contributed by atoms with van der Waals surface area (Å²) in [4.78, 5) is 14.9. The van der Waals surface area contributed by atoms with Gasteiger partial charge in [-0.15, -0.1) is 10.2 Å². The van der Waals surface area contributed by atoms with E-state index in [9.17, 15) is 4.79 Å². The maximum atomic E-state index is 12.5. The van der Waals surface area contributed by atoms with E-state index in [-0.39, 0.29) is 11.7 Å². The van der Waals surface area contributed by atoms with Gasteiger partial charge in [-0.3, -0.25) is 14.3 Å². The molecule has 1 amide bonds. The maximum absolute atomic E-state index is 12.5. The average Bonchev–Trinajstić information content (AvgIpc) is 3.19. The molecule has 9 heteroatoms. The van der Waals surface area contributed by atoms with Gasteiger partial charge in [0.05, 0.1) is 28.0 Å². The van der Waals surface area contributed by atoms with Crippen LogP contribution in [0.5, 0.6) is 0 Å². The van der Waals surface area contributed by atoms with Crippen LogP contribution in [0.2, 0.25) is 10.0 Å². The number of likely N-dealkylation sites (tertiary alicyclic amines) is 1. The highest BCUT2D eigenvalue weighted by atomic mass is 35.5. The van der Waals surface area contributed by atoms with E-state index in [1.54, 1.807) is 18.2 Å². The normalized spacial score (nSPS) is 14.5. The van der Waals surface area contributed by atoms with E-state index in [0.717, 1.165) is 31.1 Å². The number of benzene rings is 2. The lowest BCUT2D eigenvalue weighted by Gasteiger charge is -2.26. The van der Waals surface area contributed by atoms with Crippen LogP contribution in [-0.4, -0.2) is 44.4 Å². The van der Waals surface area contributed by atoms with Gasteiger partial charge >= 0.3 is 0 Å². The number of carbonyl (C=O) groups is 1. The van der Waals surface area contributed by atoms with E-state index in [4.69, 9.17) is 23.2 Å². The Hall–Kier alpha value is -2.06. The number of amides is 1. The van der Waals surface area contributed by atoms with E-state index in [0.29, 0.717) is 20.9 Å². The fourth-order valence-electron chi connectivity index (χ4n) is 3.57. The molecular weight excluding hydrogens is 453 g/mol. The second kappa shape index (κ2) is 10.5. The molecule has 0 spiro atoms. The van der Waals surface area contributed by atoms with Crippen LogP contribution in [0.4, 0.5) is 5.69 Å². The third kappa shape index (κ3) is 5.60. The Morgan fingerprint density at radius 3 is 2.55 bits per heavy atom. The Balaban J connectivity index is 1.49. The molecule has 31 heavy (non-hydrogen) atoms. The molecule has 0 aliphatic carbocycles. The highest BCUT2D eigenvalue weighted by Gasteiger charge is 2.19. The van der Waals surface area contributed by atoms with Crippen LogP contribution in [0.1, 0.15) is 25.1 Å². The van der Waals surface area contributed by atoms with Crippen LogP contribution in [0.25, 0.3) is 5.69 Å². The van der Waals surface area contributed by atoms with Crippen molar-refractivity contribution in [1.82, 2.24) is 19.7 Å². The van der Waals surface area contributed by atoms with Crippen molar-refractivity contribution in [2.75, 3.05) is 24.2 Å². The molecule has 2 heterocycles. The molecule has 0 atom stereocenters. The van der Waals surface area contributed by atoms with E-state index in [2.05, 4.69) is 20.4 Å². The first-order chi connectivity index (χ1) is 15.1. The molecule has 0 radical (unpaired) electrons. The highest BCUT2D eigenvalue weighted by Crippen LogP contribution is 2.30. The number of para-hydroxylation sites is 1. The van der Waals surface area contributed by atoms with E-state index in [1.165, 1.54) is 31.0 Å². The quantitative estimate of drug-likeness (QED) is 0.470. The lowest BCUT2D eigenvalue weighted by Crippen LogP contribution is -2.30. The molecule has 6 nitrogen and oxygen atoms in total. The average molecular weight is 476 g/mol. The molecule has 0 bridgehead atoms. The van der Waals surface area contributed by atoms with Gasteiger partial charge in [0.25, 0.3) is 0 Å². The minimum absolute atomic E-state index is 0.178. The molecule has 1 aliphatic rings. The molecule has 1 N–H and O–H groups in total. The minimum atomic E-state index is -0.186. The zero-order valence-electron chi connectivity index (χ0n) is 16.9. The van der Waals surface area contributed by atoms with Crippen LogP contribution >= 0.6 is 35.0 Å². The number of halogens is 2. The second-order valence-corrected chi connectivity index (χ2v) is 9.07. The molecule has 2 aromatic carbocycles. The summed E-state index contributed by atoms with van der Waals surface area (Å²) < 4.78 is 2.04. The van der Waals surface area contributed by atoms with Gasteiger partial charge < -0.3 is 5.32 Å². The Morgan fingerprint density at radius 2 is 1.77 bits per heavy atom. The van der Waals surface area contributed by atoms with E-state index in [1.807, 2.05) is 34.9 Å². The predicted molar refractivity (Wildman–Crippen MR) is 126 cm³/mol. The number of nitrogens with zero attached hydrogens (tertiary/aromatic N) is 4. The summed E-state index contributed by atoms with van der Waals surface area (Å²) in [5, 5.41) is 13.1. The summed E-state index contributed by atoms with van der Waals surface area (Å²) in [6, 6.07) is 15.2. The largest absolute Gasteiger partial charge is 0.324 e. The molecule has 1 aliphatic heterocycles. The smallest absolute Gasteiger partial charge is 0.234 e. The summed E-state index contributed by atoms with van der Waals surface area (Å²) in [6.45, 7) is 2.90. The maximum Gasteiger partial charge on any atom is 0.234 e. The minimum Gasteiger partial charge on any atom is -0.324 e. The van der Waals surface area contributed by atoms with E-state index >= 15 is 0 Å². The van der Waals surface area contributed by atoms with Crippen molar-refractivity contribution in [3.8, 4) is 5.69 Å². The fourth-order valence-corrected chi connectivity index (χ4v) is 4.69. The summed E-state index contributed by atoms with van der Waals surface area (Å²) in [7, 11) is 0. The Morgan fingerprint density at radius 1 is 1.00 bits per heavy atom. The van der Waals surface area contributed by atoms with Crippen molar-refractivity contribution in [1.29, 1.82) is 0 Å². The van der Waals surface area contributed by atoms with Crippen LogP contribution in [0.15, 0.2) is 53.7 Å². The Labute approximate surface area is 195 Å². The molecule has 1 aromatic heterocycles. The molecular formula is C22H23Cl2N5OS. The first-order valence-electron chi connectivity index (χ1n) is 10.2. The topological polar surface area (TPSA) is 63.1 Å². The van der Waals surface area contributed by atoms with Crippen molar-refractivity contribution in [3.05, 3.63) is 64.4 Å². The predicted octanol–water partition coefficient (Wildman–Crippen LogP) is 5.29. The summed E-state index contributed by atoms with van der Waals surface area (Å²) in [6.07, 6.45) is 3.72. The number of anilines is 1.